The summed E-state index contributed by atoms with van der Waals surface area (Å²) in [6.45, 7) is 2.17. The summed E-state index contributed by atoms with van der Waals surface area (Å²) < 4.78 is 20.3. The molecule has 1 aliphatic rings. The molecule has 1 saturated heterocycles. The molecule has 0 bridgehead atoms. The van der Waals surface area contributed by atoms with Gasteiger partial charge in [-0.2, -0.15) is 0 Å². The number of nitrogens with one attached hydrogen (secondary N) is 2. The summed E-state index contributed by atoms with van der Waals surface area (Å²) in [5.74, 6) is -0.587. The number of nitrogens with zero attached hydrogens (tertiary/aromatic N) is 1. The van der Waals surface area contributed by atoms with Gasteiger partial charge in [0.2, 0.25) is 0 Å². The molecule has 158 valence electrons. The maximum Gasteiger partial charge on any atom is 0.411 e. The van der Waals surface area contributed by atoms with Crippen molar-refractivity contribution in [1.29, 1.82) is 0 Å². The quantitative estimate of drug-likeness (QED) is 0.392. The first-order chi connectivity index (χ1) is 14.6. The average molecular weight is 429 g/mol. The third-order valence-electron chi connectivity index (χ3n) is 5.57. The van der Waals surface area contributed by atoms with Gasteiger partial charge in [-0.05, 0) is 69.1 Å². The van der Waals surface area contributed by atoms with Crippen molar-refractivity contribution < 1.29 is 13.9 Å². The molecule has 4 rings (SSSR count). The van der Waals surface area contributed by atoms with Crippen LogP contribution < -0.4 is 16.4 Å². The van der Waals surface area contributed by atoms with E-state index in [0.717, 1.165) is 43.9 Å². The number of nitrogen functional groups attached to an aromatic ring is 1. The zero-order valence-corrected chi connectivity index (χ0v) is 17.4. The van der Waals surface area contributed by atoms with Crippen LogP contribution in [0.15, 0.2) is 42.5 Å². The molecule has 0 saturated carbocycles. The fourth-order valence-electron chi connectivity index (χ4n) is 3.93. The van der Waals surface area contributed by atoms with Crippen molar-refractivity contribution in [2.24, 2.45) is 0 Å². The summed E-state index contributed by atoms with van der Waals surface area (Å²) in [6, 6.07) is 12.3. The highest BCUT2D eigenvalue weighted by atomic mass is 32.1. The maximum absolute atomic E-state index is 13.8. The number of amides is 1. The van der Waals surface area contributed by atoms with E-state index in [1.165, 1.54) is 21.8 Å². The van der Waals surface area contributed by atoms with Gasteiger partial charge in [-0.1, -0.05) is 12.1 Å². The van der Waals surface area contributed by atoms with Crippen LogP contribution in [0, 0.1) is 5.82 Å². The fraction of sp³-hybridized carbons (Fsp3) is 0.364. The third kappa shape index (κ3) is 4.55. The number of carbonyl (C=O) groups is 1. The molecular formula is C22H25FN4O2S. The van der Waals surface area contributed by atoms with Crippen LogP contribution in [0.4, 0.5) is 20.6 Å². The average Bonchev–Trinajstić information content (AvgIpc) is 3.19. The Kier molecular flexibility index (Phi) is 6.15. The first-order valence-electron chi connectivity index (χ1n) is 10.1. The SMILES string of the molecule is Nc1ccc(NC(=O)OCCCC2(c3nc4ccccc4s3)CCNCC2)c(F)c1. The summed E-state index contributed by atoms with van der Waals surface area (Å²) in [7, 11) is 0. The van der Waals surface area contributed by atoms with Gasteiger partial charge >= 0.3 is 6.09 Å². The number of aromatic nitrogens is 1. The molecule has 1 aromatic heterocycles. The van der Waals surface area contributed by atoms with Gasteiger partial charge < -0.3 is 15.8 Å². The number of thiazole rings is 1. The number of anilines is 2. The first kappa shape index (κ1) is 20.6. The third-order valence-corrected chi connectivity index (χ3v) is 6.85. The van der Waals surface area contributed by atoms with E-state index in [-0.39, 0.29) is 17.7 Å². The van der Waals surface area contributed by atoms with Gasteiger partial charge in [-0.3, -0.25) is 5.32 Å². The Balaban J connectivity index is 1.36. The van der Waals surface area contributed by atoms with Crippen LogP contribution in [0.1, 0.15) is 30.7 Å². The second-order valence-corrected chi connectivity index (χ2v) is 8.65. The Hall–Kier alpha value is -2.71. The Morgan fingerprint density at radius 1 is 1.27 bits per heavy atom. The van der Waals surface area contributed by atoms with E-state index in [0.29, 0.717) is 12.1 Å². The lowest BCUT2D eigenvalue weighted by Crippen LogP contribution is -2.40. The lowest BCUT2D eigenvalue weighted by Gasteiger charge is -2.36. The van der Waals surface area contributed by atoms with Gasteiger partial charge in [0.25, 0.3) is 0 Å². The number of nitrogens with two attached hydrogens (primary N) is 1. The minimum Gasteiger partial charge on any atom is -0.449 e. The molecular weight excluding hydrogens is 403 g/mol. The Morgan fingerprint density at radius 3 is 2.83 bits per heavy atom. The van der Waals surface area contributed by atoms with Crippen LogP contribution in [0.2, 0.25) is 0 Å². The van der Waals surface area contributed by atoms with Gasteiger partial charge in [0.15, 0.2) is 0 Å². The number of hydrogen-bond donors (Lipinski definition) is 3. The van der Waals surface area contributed by atoms with Gasteiger partial charge in [-0.15, -0.1) is 11.3 Å². The molecule has 0 spiro atoms. The van der Waals surface area contributed by atoms with E-state index in [1.54, 1.807) is 11.3 Å². The van der Waals surface area contributed by atoms with E-state index < -0.39 is 11.9 Å². The number of piperidine rings is 1. The van der Waals surface area contributed by atoms with Crippen molar-refractivity contribution in [2.45, 2.75) is 31.1 Å². The molecule has 1 amide bonds. The Bertz CT molecular complexity index is 1000. The van der Waals surface area contributed by atoms with Gasteiger partial charge in [0.05, 0.1) is 22.5 Å². The van der Waals surface area contributed by atoms with Crippen LogP contribution in [0.3, 0.4) is 0 Å². The summed E-state index contributed by atoms with van der Waals surface area (Å²) in [5.41, 5.74) is 6.91. The molecule has 1 fully saturated rings. The number of fused-ring (bicyclic) bond motifs is 1. The zero-order chi connectivity index (χ0) is 21.0. The maximum atomic E-state index is 13.8. The van der Waals surface area contributed by atoms with Crippen molar-refractivity contribution in [3.8, 4) is 0 Å². The normalized spacial score (nSPS) is 15.8. The van der Waals surface area contributed by atoms with Gasteiger partial charge in [-0.25, -0.2) is 14.2 Å². The van der Waals surface area contributed by atoms with Crippen molar-refractivity contribution in [1.82, 2.24) is 10.3 Å². The van der Waals surface area contributed by atoms with Crippen LogP contribution in [-0.2, 0) is 10.2 Å². The van der Waals surface area contributed by atoms with Gasteiger partial charge in [0, 0.05) is 11.1 Å². The van der Waals surface area contributed by atoms with E-state index >= 15 is 0 Å². The summed E-state index contributed by atoms with van der Waals surface area (Å²) >= 11 is 1.76. The number of halogens is 1. The van der Waals surface area contributed by atoms with E-state index in [9.17, 15) is 9.18 Å². The van der Waals surface area contributed by atoms with Crippen LogP contribution in [0.5, 0.6) is 0 Å². The number of rotatable bonds is 6. The molecule has 0 radical (unpaired) electrons. The monoisotopic (exact) mass is 428 g/mol. The van der Waals surface area contributed by atoms with Crippen LogP contribution in [-0.4, -0.2) is 30.8 Å². The minimum atomic E-state index is -0.669. The second-order valence-electron chi connectivity index (χ2n) is 7.62. The number of para-hydroxylation sites is 1. The first-order valence-corrected chi connectivity index (χ1v) is 10.9. The molecule has 2 aromatic carbocycles. The molecule has 8 heteroatoms. The smallest absolute Gasteiger partial charge is 0.411 e. The zero-order valence-electron chi connectivity index (χ0n) is 16.6. The summed E-state index contributed by atoms with van der Waals surface area (Å²) in [4.78, 5) is 16.9. The number of hydrogen-bond acceptors (Lipinski definition) is 6. The minimum absolute atomic E-state index is 0.00214. The van der Waals surface area contributed by atoms with E-state index in [1.807, 2.05) is 18.2 Å². The standard InChI is InChI=1S/C22H25FN4O2S/c23-16-14-15(24)6-7-17(16)27-21(28)29-13-3-8-22(9-11-25-12-10-22)20-26-18-4-1-2-5-19(18)30-20/h1-2,4-7,14,25H,3,8-13,24H2,(H,27,28). The van der Waals surface area contributed by atoms with E-state index in [2.05, 4.69) is 16.7 Å². The highest BCUT2D eigenvalue weighted by molar-refractivity contribution is 7.18. The lowest BCUT2D eigenvalue weighted by atomic mass is 9.76. The molecule has 0 atom stereocenters. The Labute approximate surface area is 178 Å². The molecule has 4 N–H and O–H groups in total. The van der Waals surface area contributed by atoms with Crippen molar-refractivity contribution in [2.75, 3.05) is 30.7 Å². The molecule has 0 aliphatic carbocycles. The highest BCUT2D eigenvalue weighted by Gasteiger charge is 2.36. The van der Waals surface area contributed by atoms with Crippen molar-refractivity contribution in [3.05, 3.63) is 53.3 Å². The van der Waals surface area contributed by atoms with Crippen molar-refractivity contribution >= 4 is 39.0 Å². The number of carbonyl (C=O) groups excluding carboxylic acids is 1. The largest absolute Gasteiger partial charge is 0.449 e. The fourth-order valence-corrected chi connectivity index (χ4v) is 5.17. The molecule has 30 heavy (non-hydrogen) atoms. The molecule has 1 aliphatic heterocycles. The topological polar surface area (TPSA) is 89.3 Å². The predicted octanol–water partition coefficient (Wildman–Crippen LogP) is 4.67. The summed E-state index contributed by atoms with van der Waals surface area (Å²) in [5, 5.41) is 7.01. The number of ether oxygens (including phenoxy) is 1. The lowest BCUT2D eigenvalue weighted by molar-refractivity contribution is 0.152. The number of benzene rings is 2. The Morgan fingerprint density at radius 2 is 2.07 bits per heavy atom. The molecule has 2 heterocycles. The second kappa shape index (κ2) is 8.97. The predicted molar refractivity (Wildman–Crippen MR) is 118 cm³/mol. The van der Waals surface area contributed by atoms with Crippen LogP contribution >= 0.6 is 11.3 Å². The van der Waals surface area contributed by atoms with Gasteiger partial charge in [0.1, 0.15) is 10.8 Å². The highest BCUT2D eigenvalue weighted by Crippen LogP contribution is 2.41. The van der Waals surface area contributed by atoms with E-state index in [4.69, 9.17) is 15.5 Å². The van der Waals surface area contributed by atoms with Crippen molar-refractivity contribution in [3.63, 3.8) is 0 Å². The molecule has 6 nitrogen and oxygen atoms in total. The molecule has 0 unspecified atom stereocenters. The summed E-state index contributed by atoms with van der Waals surface area (Å²) in [6.07, 6.45) is 2.95. The van der Waals surface area contributed by atoms with Crippen LogP contribution in [0.25, 0.3) is 10.2 Å². The molecule has 3 aromatic rings.